The molecule has 0 radical (unpaired) electrons. The Balaban J connectivity index is 4.79. The summed E-state index contributed by atoms with van der Waals surface area (Å²) in [6.07, 6.45) is -1.69. The number of hydrogen-bond acceptors (Lipinski definition) is 2. The molecule has 2 nitrogen and oxygen atoms in total. The lowest BCUT2D eigenvalue weighted by atomic mass is 9.86. The summed E-state index contributed by atoms with van der Waals surface area (Å²) in [6, 6.07) is 0. The van der Waals surface area contributed by atoms with E-state index in [1.165, 1.54) is 6.92 Å². The van der Waals surface area contributed by atoms with E-state index in [4.69, 9.17) is 4.74 Å². The van der Waals surface area contributed by atoms with Gasteiger partial charge in [-0.2, -0.15) is 13.2 Å². The number of carbonyl (C=O) groups excluding carboxylic acids is 1. The molecule has 0 spiro atoms. The summed E-state index contributed by atoms with van der Waals surface area (Å²) in [5, 5.41) is 0. The maximum atomic E-state index is 13.0. The zero-order valence-electron chi connectivity index (χ0n) is 13.1. The lowest BCUT2D eigenvalue weighted by Gasteiger charge is -2.31. The van der Waals surface area contributed by atoms with E-state index in [0.29, 0.717) is 0 Å². The van der Waals surface area contributed by atoms with Crippen molar-refractivity contribution >= 4 is 5.97 Å². The van der Waals surface area contributed by atoms with Gasteiger partial charge in [-0.15, -0.1) is 0 Å². The van der Waals surface area contributed by atoms with Gasteiger partial charge in [-0.1, -0.05) is 33.6 Å². The standard InChI is InChI=1S/C15H27F3O2/c1-6-9-10-12(7-2)11(4)20-13(19)14(5,8-3)15(16,17)18/h11-12H,6-10H2,1-5H3. The van der Waals surface area contributed by atoms with Crippen LogP contribution in [-0.2, 0) is 9.53 Å². The van der Waals surface area contributed by atoms with Gasteiger partial charge in [0.05, 0.1) is 0 Å². The molecule has 3 unspecified atom stereocenters. The van der Waals surface area contributed by atoms with Crippen LogP contribution in [0.2, 0.25) is 0 Å². The number of carbonyl (C=O) groups is 1. The van der Waals surface area contributed by atoms with Gasteiger partial charge in [0.1, 0.15) is 6.10 Å². The molecule has 0 amide bonds. The zero-order valence-corrected chi connectivity index (χ0v) is 13.1. The van der Waals surface area contributed by atoms with Gasteiger partial charge < -0.3 is 4.74 Å². The minimum absolute atomic E-state index is 0.119. The largest absolute Gasteiger partial charge is 0.462 e. The third-order valence-corrected chi connectivity index (χ3v) is 4.19. The molecular formula is C15H27F3O2. The van der Waals surface area contributed by atoms with Gasteiger partial charge in [-0.25, -0.2) is 0 Å². The van der Waals surface area contributed by atoms with Crippen LogP contribution in [0, 0.1) is 11.3 Å². The average molecular weight is 296 g/mol. The van der Waals surface area contributed by atoms with E-state index < -0.39 is 23.7 Å². The van der Waals surface area contributed by atoms with Gasteiger partial charge in [0.2, 0.25) is 0 Å². The summed E-state index contributed by atoms with van der Waals surface area (Å²) in [6.45, 7) is 7.98. The second kappa shape index (κ2) is 7.89. The fraction of sp³-hybridized carbons (Fsp3) is 0.933. The summed E-state index contributed by atoms with van der Waals surface area (Å²) in [4.78, 5) is 11.9. The molecule has 0 aromatic heterocycles. The maximum Gasteiger partial charge on any atom is 0.404 e. The monoisotopic (exact) mass is 296 g/mol. The number of unbranched alkanes of at least 4 members (excludes halogenated alkanes) is 1. The van der Waals surface area contributed by atoms with Crippen LogP contribution in [0.15, 0.2) is 0 Å². The summed E-state index contributed by atoms with van der Waals surface area (Å²) < 4.78 is 44.1. The lowest BCUT2D eigenvalue weighted by molar-refractivity contribution is -0.234. The lowest BCUT2D eigenvalue weighted by Crippen LogP contribution is -2.44. The van der Waals surface area contributed by atoms with Gasteiger partial charge in [-0.3, -0.25) is 4.79 Å². The molecule has 20 heavy (non-hydrogen) atoms. The van der Waals surface area contributed by atoms with E-state index in [0.717, 1.165) is 32.6 Å². The van der Waals surface area contributed by atoms with Crippen molar-refractivity contribution in [2.75, 3.05) is 0 Å². The molecule has 120 valence electrons. The van der Waals surface area contributed by atoms with Gasteiger partial charge in [0.25, 0.3) is 0 Å². The minimum atomic E-state index is -4.58. The summed E-state index contributed by atoms with van der Waals surface area (Å²) in [5.74, 6) is -1.04. The highest BCUT2D eigenvalue weighted by molar-refractivity contribution is 5.77. The van der Waals surface area contributed by atoms with E-state index in [-0.39, 0.29) is 12.3 Å². The topological polar surface area (TPSA) is 26.3 Å². The second-order valence-electron chi connectivity index (χ2n) is 5.60. The third-order valence-electron chi connectivity index (χ3n) is 4.19. The van der Waals surface area contributed by atoms with Crippen LogP contribution in [0.5, 0.6) is 0 Å². The summed E-state index contributed by atoms with van der Waals surface area (Å²) in [7, 11) is 0. The van der Waals surface area contributed by atoms with Crippen molar-refractivity contribution in [1.82, 2.24) is 0 Å². The third kappa shape index (κ3) is 4.67. The first-order valence-corrected chi connectivity index (χ1v) is 7.41. The Kier molecular flexibility index (Phi) is 7.60. The highest BCUT2D eigenvalue weighted by Gasteiger charge is 2.56. The molecule has 0 rings (SSSR count). The Hall–Kier alpha value is -0.740. The number of esters is 1. The predicted octanol–water partition coefficient (Wildman–Crippen LogP) is 5.11. The quantitative estimate of drug-likeness (QED) is 0.582. The normalized spacial score (nSPS) is 18.2. The SMILES string of the molecule is CCCCC(CC)C(C)OC(=O)C(C)(CC)C(F)(F)F. The van der Waals surface area contributed by atoms with Crippen LogP contribution < -0.4 is 0 Å². The molecule has 0 saturated heterocycles. The number of hydrogen-bond donors (Lipinski definition) is 0. The molecule has 3 atom stereocenters. The smallest absolute Gasteiger partial charge is 0.404 e. The first-order chi connectivity index (χ1) is 9.13. The molecule has 0 N–H and O–H groups in total. The molecule has 5 heteroatoms. The van der Waals surface area contributed by atoms with E-state index >= 15 is 0 Å². The summed E-state index contributed by atoms with van der Waals surface area (Å²) in [5.41, 5.74) is -2.41. The molecule has 0 aliphatic carbocycles. The predicted molar refractivity (Wildman–Crippen MR) is 73.3 cm³/mol. The van der Waals surface area contributed by atoms with E-state index in [1.54, 1.807) is 6.92 Å². The van der Waals surface area contributed by atoms with Crippen LogP contribution in [0.25, 0.3) is 0 Å². The molecule has 0 aliphatic heterocycles. The Labute approximate surface area is 120 Å². The van der Waals surface area contributed by atoms with Crippen molar-refractivity contribution in [1.29, 1.82) is 0 Å². The van der Waals surface area contributed by atoms with Crippen LogP contribution in [-0.4, -0.2) is 18.2 Å². The fourth-order valence-electron chi connectivity index (χ4n) is 2.09. The Morgan fingerprint density at radius 3 is 2.10 bits per heavy atom. The molecule has 0 aromatic rings. The molecule has 0 saturated carbocycles. The van der Waals surface area contributed by atoms with Crippen LogP contribution >= 0.6 is 0 Å². The molecule has 0 fully saturated rings. The number of rotatable bonds is 8. The molecular weight excluding hydrogens is 269 g/mol. The van der Waals surface area contributed by atoms with Crippen molar-refractivity contribution in [2.45, 2.75) is 79.0 Å². The fourth-order valence-corrected chi connectivity index (χ4v) is 2.09. The Morgan fingerprint density at radius 2 is 1.75 bits per heavy atom. The molecule has 0 bridgehead atoms. The average Bonchev–Trinajstić information content (AvgIpc) is 2.37. The minimum Gasteiger partial charge on any atom is -0.462 e. The Morgan fingerprint density at radius 1 is 1.20 bits per heavy atom. The van der Waals surface area contributed by atoms with E-state index in [2.05, 4.69) is 6.92 Å². The summed E-state index contributed by atoms with van der Waals surface area (Å²) >= 11 is 0. The molecule has 0 aliphatic rings. The van der Waals surface area contributed by atoms with Crippen molar-refractivity contribution in [3.63, 3.8) is 0 Å². The zero-order chi connectivity index (χ0) is 16.0. The number of ether oxygens (including phenoxy) is 1. The first-order valence-electron chi connectivity index (χ1n) is 7.41. The van der Waals surface area contributed by atoms with E-state index in [9.17, 15) is 18.0 Å². The number of halogens is 3. The number of alkyl halides is 3. The van der Waals surface area contributed by atoms with Crippen LogP contribution in [0.3, 0.4) is 0 Å². The highest BCUT2D eigenvalue weighted by Crippen LogP contribution is 2.42. The van der Waals surface area contributed by atoms with Gasteiger partial charge in [0.15, 0.2) is 5.41 Å². The van der Waals surface area contributed by atoms with Crippen LogP contribution in [0.4, 0.5) is 13.2 Å². The van der Waals surface area contributed by atoms with Crippen molar-refractivity contribution < 1.29 is 22.7 Å². The second-order valence-corrected chi connectivity index (χ2v) is 5.60. The van der Waals surface area contributed by atoms with Crippen molar-refractivity contribution in [2.24, 2.45) is 11.3 Å². The maximum absolute atomic E-state index is 13.0. The van der Waals surface area contributed by atoms with Gasteiger partial charge in [-0.05, 0) is 39.0 Å². The first kappa shape index (κ1) is 19.3. The van der Waals surface area contributed by atoms with E-state index in [1.807, 2.05) is 6.92 Å². The Bertz CT molecular complexity index is 302. The van der Waals surface area contributed by atoms with Crippen LogP contribution in [0.1, 0.15) is 66.7 Å². The highest BCUT2D eigenvalue weighted by atomic mass is 19.4. The van der Waals surface area contributed by atoms with Gasteiger partial charge >= 0.3 is 12.1 Å². The van der Waals surface area contributed by atoms with Gasteiger partial charge in [0, 0.05) is 0 Å². The molecule has 0 heterocycles. The van der Waals surface area contributed by atoms with Crippen molar-refractivity contribution in [3.05, 3.63) is 0 Å². The molecule has 0 aromatic carbocycles. The van der Waals surface area contributed by atoms with Crippen molar-refractivity contribution in [3.8, 4) is 0 Å².